The van der Waals surface area contributed by atoms with E-state index in [1.165, 1.54) is 16.2 Å². The molecule has 0 atom stereocenters. The van der Waals surface area contributed by atoms with Gasteiger partial charge in [-0.3, -0.25) is 14.4 Å². The third-order valence-electron chi connectivity index (χ3n) is 5.47. The summed E-state index contributed by atoms with van der Waals surface area (Å²) in [6.45, 7) is 4.30. The highest BCUT2D eigenvalue weighted by atomic mass is 32.1. The first-order valence-electron chi connectivity index (χ1n) is 10.8. The number of aromatic nitrogens is 1. The Kier molecular flexibility index (Phi) is 8.75. The van der Waals surface area contributed by atoms with E-state index in [0.717, 1.165) is 25.9 Å². The van der Waals surface area contributed by atoms with Crippen LogP contribution in [0.15, 0.2) is 35.7 Å². The SMILES string of the molecule is COCCN(CC(=O)Nc1nc(CC(=O)N2CCC(C)CC2)cs1)C(=O)c1ccccc1. The van der Waals surface area contributed by atoms with E-state index < -0.39 is 0 Å². The molecule has 3 amide bonds. The van der Waals surface area contributed by atoms with Crippen LogP contribution in [0.5, 0.6) is 0 Å². The summed E-state index contributed by atoms with van der Waals surface area (Å²) in [7, 11) is 1.55. The van der Waals surface area contributed by atoms with Crippen molar-refractivity contribution in [3.8, 4) is 0 Å². The van der Waals surface area contributed by atoms with Crippen molar-refractivity contribution in [2.45, 2.75) is 26.2 Å². The van der Waals surface area contributed by atoms with E-state index >= 15 is 0 Å². The van der Waals surface area contributed by atoms with Crippen molar-refractivity contribution in [3.63, 3.8) is 0 Å². The Labute approximate surface area is 192 Å². The number of piperidine rings is 1. The molecule has 172 valence electrons. The standard InChI is InChI=1S/C23H30N4O4S/c1-17-8-10-26(11-9-17)21(29)14-19-16-32-23(24-19)25-20(28)15-27(12-13-31-2)22(30)18-6-4-3-5-7-18/h3-7,16-17H,8-15H2,1-2H3,(H,24,25,28). The molecule has 0 bridgehead atoms. The highest BCUT2D eigenvalue weighted by molar-refractivity contribution is 7.13. The number of rotatable bonds is 9. The molecule has 0 unspecified atom stereocenters. The average Bonchev–Trinajstić information content (AvgIpc) is 3.23. The maximum atomic E-state index is 12.8. The Balaban J connectivity index is 1.54. The lowest BCUT2D eigenvalue weighted by Gasteiger charge is -2.30. The molecule has 0 aliphatic carbocycles. The Morgan fingerprint density at radius 1 is 1.22 bits per heavy atom. The van der Waals surface area contributed by atoms with E-state index in [9.17, 15) is 14.4 Å². The van der Waals surface area contributed by atoms with Gasteiger partial charge in [-0.15, -0.1) is 11.3 Å². The summed E-state index contributed by atoms with van der Waals surface area (Å²) in [6.07, 6.45) is 2.30. The quantitative estimate of drug-likeness (QED) is 0.624. The van der Waals surface area contributed by atoms with E-state index in [0.29, 0.717) is 35.5 Å². The first-order valence-corrected chi connectivity index (χ1v) is 11.7. The average molecular weight is 459 g/mol. The van der Waals surface area contributed by atoms with Gasteiger partial charge in [-0.2, -0.15) is 0 Å². The monoisotopic (exact) mass is 458 g/mol. The summed E-state index contributed by atoms with van der Waals surface area (Å²) in [5.74, 6) is 0.151. The fourth-order valence-corrected chi connectivity index (χ4v) is 4.25. The maximum Gasteiger partial charge on any atom is 0.254 e. The van der Waals surface area contributed by atoms with Gasteiger partial charge in [0.1, 0.15) is 6.54 Å². The van der Waals surface area contributed by atoms with Crippen molar-refractivity contribution in [2.24, 2.45) is 5.92 Å². The van der Waals surface area contributed by atoms with Crippen molar-refractivity contribution in [1.82, 2.24) is 14.8 Å². The molecule has 8 nitrogen and oxygen atoms in total. The molecule has 0 spiro atoms. The molecule has 1 aliphatic rings. The summed E-state index contributed by atoms with van der Waals surface area (Å²) < 4.78 is 5.08. The normalized spacial score (nSPS) is 14.2. The summed E-state index contributed by atoms with van der Waals surface area (Å²) in [5, 5.41) is 4.95. The van der Waals surface area contributed by atoms with E-state index in [2.05, 4.69) is 17.2 Å². The molecule has 3 rings (SSSR count). The predicted octanol–water partition coefficient (Wildman–Crippen LogP) is 2.67. The third-order valence-corrected chi connectivity index (χ3v) is 6.28. The van der Waals surface area contributed by atoms with Crippen LogP contribution in [0.3, 0.4) is 0 Å². The number of nitrogens with zero attached hydrogens (tertiary/aromatic N) is 3. The molecule has 9 heteroatoms. The second-order valence-electron chi connectivity index (χ2n) is 8.02. The molecule has 32 heavy (non-hydrogen) atoms. The number of carbonyl (C=O) groups excluding carboxylic acids is 3. The van der Waals surface area contributed by atoms with Crippen molar-refractivity contribution in [3.05, 3.63) is 47.0 Å². The minimum absolute atomic E-state index is 0.0688. The minimum Gasteiger partial charge on any atom is -0.383 e. The Morgan fingerprint density at radius 2 is 1.94 bits per heavy atom. The second kappa shape index (κ2) is 11.7. The zero-order chi connectivity index (χ0) is 22.9. The molecule has 2 aromatic rings. The van der Waals surface area contributed by atoms with Crippen LogP contribution in [0.4, 0.5) is 5.13 Å². The summed E-state index contributed by atoms with van der Waals surface area (Å²) >= 11 is 1.27. The topological polar surface area (TPSA) is 91.8 Å². The first-order chi connectivity index (χ1) is 15.5. The van der Waals surface area contributed by atoms with Crippen LogP contribution in [-0.4, -0.2) is 72.4 Å². The maximum absolute atomic E-state index is 12.8. The van der Waals surface area contributed by atoms with Gasteiger partial charge >= 0.3 is 0 Å². The zero-order valence-corrected chi connectivity index (χ0v) is 19.4. The lowest BCUT2D eigenvalue weighted by molar-refractivity contribution is -0.131. The number of ether oxygens (including phenoxy) is 1. The van der Waals surface area contributed by atoms with Crippen molar-refractivity contribution < 1.29 is 19.1 Å². The number of thiazole rings is 1. The molecule has 0 radical (unpaired) electrons. The highest BCUT2D eigenvalue weighted by Crippen LogP contribution is 2.19. The lowest BCUT2D eigenvalue weighted by Crippen LogP contribution is -2.40. The van der Waals surface area contributed by atoms with Crippen molar-refractivity contribution in [1.29, 1.82) is 0 Å². The van der Waals surface area contributed by atoms with E-state index in [-0.39, 0.29) is 30.7 Å². The summed E-state index contributed by atoms with van der Waals surface area (Å²) in [6, 6.07) is 8.83. The summed E-state index contributed by atoms with van der Waals surface area (Å²) in [5.41, 5.74) is 1.16. The molecule has 1 N–H and O–H groups in total. The van der Waals surface area contributed by atoms with Crippen molar-refractivity contribution >= 4 is 34.2 Å². The van der Waals surface area contributed by atoms with Gasteiger partial charge in [-0.05, 0) is 30.9 Å². The zero-order valence-electron chi connectivity index (χ0n) is 18.6. The number of hydrogen-bond donors (Lipinski definition) is 1. The lowest BCUT2D eigenvalue weighted by atomic mass is 9.99. The van der Waals surface area contributed by atoms with Gasteiger partial charge in [0.05, 0.1) is 18.7 Å². The number of nitrogens with one attached hydrogen (secondary N) is 1. The van der Waals surface area contributed by atoms with Gasteiger partial charge in [0, 0.05) is 37.7 Å². The Hall–Kier alpha value is -2.78. The number of anilines is 1. The third kappa shape index (κ3) is 6.86. The van der Waals surface area contributed by atoms with E-state index in [1.807, 2.05) is 11.0 Å². The fraction of sp³-hybridized carbons (Fsp3) is 0.478. The van der Waals surface area contributed by atoms with Crippen LogP contribution in [0, 0.1) is 5.92 Å². The van der Waals surface area contributed by atoms with Crippen LogP contribution in [-0.2, 0) is 20.7 Å². The second-order valence-corrected chi connectivity index (χ2v) is 8.88. The van der Waals surface area contributed by atoms with Gasteiger partial charge in [0.15, 0.2) is 5.13 Å². The molecule has 2 heterocycles. The number of benzene rings is 1. The number of methoxy groups -OCH3 is 1. The predicted molar refractivity (Wildman–Crippen MR) is 124 cm³/mol. The highest BCUT2D eigenvalue weighted by Gasteiger charge is 2.22. The molecule has 1 aliphatic heterocycles. The van der Waals surface area contributed by atoms with E-state index in [1.54, 1.807) is 36.8 Å². The summed E-state index contributed by atoms with van der Waals surface area (Å²) in [4.78, 5) is 45.6. The van der Waals surface area contributed by atoms with Crippen LogP contribution in [0.1, 0.15) is 35.8 Å². The largest absolute Gasteiger partial charge is 0.383 e. The fourth-order valence-electron chi connectivity index (χ4n) is 3.52. The Bertz CT molecular complexity index is 910. The number of hydrogen-bond acceptors (Lipinski definition) is 6. The minimum atomic E-state index is -0.345. The number of carbonyl (C=O) groups is 3. The van der Waals surface area contributed by atoms with Gasteiger partial charge in [0.2, 0.25) is 11.8 Å². The van der Waals surface area contributed by atoms with Crippen LogP contribution in [0.25, 0.3) is 0 Å². The molecule has 1 saturated heterocycles. The van der Waals surface area contributed by atoms with Crippen LogP contribution < -0.4 is 5.32 Å². The molecule has 0 saturated carbocycles. The van der Waals surface area contributed by atoms with Gasteiger partial charge < -0.3 is 19.9 Å². The molecule has 1 aromatic carbocycles. The molecule has 1 fully saturated rings. The van der Waals surface area contributed by atoms with Crippen molar-refractivity contribution in [2.75, 3.05) is 45.2 Å². The number of amides is 3. The van der Waals surface area contributed by atoms with Gasteiger partial charge in [-0.1, -0.05) is 25.1 Å². The first kappa shape index (κ1) is 23.9. The number of likely N-dealkylation sites (tertiary alicyclic amines) is 1. The van der Waals surface area contributed by atoms with Crippen LogP contribution in [0.2, 0.25) is 0 Å². The van der Waals surface area contributed by atoms with E-state index in [4.69, 9.17) is 4.74 Å². The van der Waals surface area contributed by atoms with Crippen LogP contribution >= 0.6 is 11.3 Å². The van der Waals surface area contributed by atoms with Gasteiger partial charge in [-0.25, -0.2) is 4.98 Å². The Morgan fingerprint density at radius 3 is 2.62 bits per heavy atom. The molecular formula is C23H30N4O4S. The van der Waals surface area contributed by atoms with Gasteiger partial charge in [0.25, 0.3) is 5.91 Å². The molecule has 1 aromatic heterocycles. The smallest absolute Gasteiger partial charge is 0.254 e. The molecular weight excluding hydrogens is 428 g/mol.